The van der Waals surface area contributed by atoms with Crippen molar-refractivity contribution in [3.05, 3.63) is 47.5 Å². The van der Waals surface area contributed by atoms with E-state index in [-0.39, 0.29) is 11.8 Å². The molecule has 2 saturated heterocycles. The summed E-state index contributed by atoms with van der Waals surface area (Å²) in [6, 6.07) is 9.26. The number of nitrogens with zero attached hydrogens (tertiary/aromatic N) is 6. The Hall–Kier alpha value is -3.70. The summed E-state index contributed by atoms with van der Waals surface area (Å²) in [5, 5.41) is 11.3. The normalized spacial score (nSPS) is 18.6. The van der Waals surface area contributed by atoms with Crippen LogP contribution in [0.2, 0.25) is 0 Å². The first-order valence-electron chi connectivity index (χ1n) is 14.4. The highest BCUT2D eigenvalue weighted by Gasteiger charge is 2.26. The minimum atomic E-state index is -0.432. The number of H-pyrrole nitrogens is 2. The molecule has 4 aromatic rings. The summed E-state index contributed by atoms with van der Waals surface area (Å²) in [4.78, 5) is 19.8. The van der Waals surface area contributed by atoms with Crippen LogP contribution in [0.5, 0.6) is 11.8 Å². The summed E-state index contributed by atoms with van der Waals surface area (Å²) in [7, 11) is 0. The van der Waals surface area contributed by atoms with Crippen molar-refractivity contribution in [1.82, 2.24) is 34.9 Å². The topological polar surface area (TPSA) is 101 Å². The number of piperazine rings is 1. The molecule has 0 atom stereocenters. The Bertz CT molecular complexity index is 1480. The van der Waals surface area contributed by atoms with Gasteiger partial charge in [-0.3, -0.25) is 10.00 Å². The molecule has 2 aliphatic heterocycles. The molecule has 1 saturated carbocycles. The summed E-state index contributed by atoms with van der Waals surface area (Å²) >= 11 is 0. The lowest BCUT2D eigenvalue weighted by molar-refractivity contribution is 0.215. The minimum Gasteiger partial charge on any atom is -0.421 e. The highest BCUT2D eigenvalue weighted by atomic mass is 19.1. The number of fused-ring (bicyclic) bond motifs is 1. The largest absolute Gasteiger partial charge is 0.421 e. The van der Waals surface area contributed by atoms with Crippen molar-refractivity contribution in [2.75, 3.05) is 62.6 Å². The van der Waals surface area contributed by atoms with Gasteiger partial charge in [-0.25, -0.2) is 4.39 Å². The Morgan fingerprint density at radius 3 is 2.50 bits per heavy atom. The molecule has 11 heteroatoms. The van der Waals surface area contributed by atoms with Gasteiger partial charge in [-0.1, -0.05) is 0 Å². The van der Waals surface area contributed by atoms with Gasteiger partial charge >= 0.3 is 6.01 Å². The minimum absolute atomic E-state index is 0.0946. The van der Waals surface area contributed by atoms with Crippen LogP contribution in [0.1, 0.15) is 43.0 Å². The van der Waals surface area contributed by atoms with E-state index in [9.17, 15) is 0 Å². The second-order valence-corrected chi connectivity index (χ2v) is 11.3. The summed E-state index contributed by atoms with van der Waals surface area (Å²) in [6.07, 6.45) is 5.03. The zero-order chi connectivity index (χ0) is 27.1. The maximum absolute atomic E-state index is 15.3. The van der Waals surface area contributed by atoms with Crippen LogP contribution >= 0.6 is 0 Å². The maximum atomic E-state index is 15.3. The molecule has 3 aromatic heterocycles. The number of likely N-dealkylation sites (tertiary alicyclic amines) is 1. The average molecular weight is 546 g/mol. The Morgan fingerprint density at radius 1 is 0.950 bits per heavy atom. The molecule has 0 bridgehead atoms. The second kappa shape index (κ2) is 10.7. The lowest BCUT2D eigenvalue weighted by atomic mass is 10.2. The Balaban J connectivity index is 1.11. The molecule has 0 radical (unpaired) electrons. The fourth-order valence-corrected chi connectivity index (χ4v) is 5.77. The van der Waals surface area contributed by atoms with Crippen LogP contribution in [0.15, 0.2) is 30.3 Å². The van der Waals surface area contributed by atoms with Crippen molar-refractivity contribution in [3.8, 4) is 11.8 Å². The predicted octanol–water partition coefficient (Wildman–Crippen LogP) is 4.76. The van der Waals surface area contributed by atoms with Crippen molar-refractivity contribution in [2.45, 2.75) is 38.5 Å². The monoisotopic (exact) mass is 545 g/mol. The first-order chi connectivity index (χ1) is 19.6. The fourth-order valence-electron chi connectivity index (χ4n) is 5.77. The van der Waals surface area contributed by atoms with Gasteiger partial charge in [-0.05, 0) is 63.9 Å². The highest BCUT2D eigenvalue weighted by molar-refractivity contribution is 5.82. The molecule has 3 N–H and O–H groups in total. The number of anilines is 3. The average Bonchev–Trinajstić information content (AvgIpc) is 3.31. The van der Waals surface area contributed by atoms with Gasteiger partial charge in [0.1, 0.15) is 11.6 Å². The molecule has 0 spiro atoms. The standard InChI is InChI=1S/C29H36FN9O/c1-19-16-21-22(31-19)6-7-24(28(21)30)40-29-33-25(32-26-17-23(35-36-26)20-4-5-20)18-27(34-29)39-14-12-38(13-15-39)11-10-37-8-2-3-9-37/h6-7,16-18,20,31H,2-5,8-15H2,1H3,(H2,32,33,34,35,36). The van der Waals surface area contributed by atoms with E-state index in [1.54, 1.807) is 12.1 Å². The smallest absolute Gasteiger partial charge is 0.326 e. The zero-order valence-electron chi connectivity index (χ0n) is 22.9. The second-order valence-electron chi connectivity index (χ2n) is 11.3. The SMILES string of the molecule is Cc1cc2c(F)c(Oc3nc(Nc4cc(C5CC5)[nH]n4)cc(N4CCN(CCN5CCCC5)CC4)n3)ccc2[nH]1. The third-order valence-corrected chi connectivity index (χ3v) is 8.23. The number of nitrogens with one attached hydrogen (secondary N) is 3. The van der Waals surface area contributed by atoms with Gasteiger partial charge < -0.3 is 24.8 Å². The Kier molecular flexibility index (Phi) is 6.76. The van der Waals surface area contributed by atoms with Gasteiger partial charge in [0, 0.05) is 79.6 Å². The van der Waals surface area contributed by atoms with Crippen LogP contribution < -0.4 is 15.0 Å². The third kappa shape index (κ3) is 5.48. The van der Waals surface area contributed by atoms with Gasteiger partial charge in [0.15, 0.2) is 17.4 Å². The quantitative estimate of drug-likeness (QED) is 0.277. The van der Waals surface area contributed by atoms with E-state index in [0.717, 1.165) is 62.0 Å². The molecular weight excluding hydrogens is 509 g/mol. The first kappa shape index (κ1) is 25.3. The van der Waals surface area contributed by atoms with Crippen molar-refractivity contribution < 1.29 is 9.13 Å². The molecule has 3 fully saturated rings. The number of ether oxygens (including phenoxy) is 1. The lowest BCUT2D eigenvalue weighted by Crippen LogP contribution is -2.48. The third-order valence-electron chi connectivity index (χ3n) is 8.23. The van der Waals surface area contributed by atoms with Gasteiger partial charge in [0.2, 0.25) is 0 Å². The van der Waals surface area contributed by atoms with E-state index < -0.39 is 5.82 Å². The van der Waals surface area contributed by atoms with Crippen molar-refractivity contribution in [1.29, 1.82) is 0 Å². The van der Waals surface area contributed by atoms with Crippen molar-refractivity contribution in [3.63, 3.8) is 0 Å². The van der Waals surface area contributed by atoms with Crippen LogP contribution in [0.25, 0.3) is 10.9 Å². The maximum Gasteiger partial charge on any atom is 0.326 e. The molecule has 1 aliphatic carbocycles. The van der Waals surface area contributed by atoms with Gasteiger partial charge in [0.25, 0.3) is 0 Å². The molecule has 5 heterocycles. The summed E-state index contributed by atoms with van der Waals surface area (Å²) < 4.78 is 21.3. The Morgan fingerprint density at radius 2 is 1.73 bits per heavy atom. The predicted molar refractivity (Wildman–Crippen MR) is 153 cm³/mol. The van der Waals surface area contributed by atoms with E-state index in [2.05, 4.69) is 40.2 Å². The van der Waals surface area contributed by atoms with E-state index in [4.69, 9.17) is 9.72 Å². The van der Waals surface area contributed by atoms with E-state index in [1.807, 2.05) is 25.1 Å². The number of rotatable bonds is 9. The number of hydrogen-bond donors (Lipinski definition) is 3. The van der Waals surface area contributed by atoms with Crippen LogP contribution in [-0.4, -0.2) is 87.3 Å². The summed E-state index contributed by atoms with van der Waals surface area (Å²) in [5.74, 6) is 2.24. The van der Waals surface area contributed by atoms with Crippen LogP contribution in [-0.2, 0) is 0 Å². The van der Waals surface area contributed by atoms with Crippen molar-refractivity contribution >= 4 is 28.4 Å². The molecule has 7 rings (SSSR count). The molecule has 0 amide bonds. The van der Waals surface area contributed by atoms with E-state index in [0.29, 0.717) is 22.9 Å². The number of benzene rings is 1. The van der Waals surface area contributed by atoms with E-state index >= 15 is 4.39 Å². The number of hydrogen-bond acceptors (Lipinski definition) is 8. The number of aryl methyl sites for hydroxylation is 1. The van der Waals surface area contributed by atoms with Crippen molar-refractivity contribution in [2.24, 2.45) is 0 Å². The van der Waals surface area contributed by atoms with Crippen LogP contribution in [0.3, 0.4) is 0 Å². The molecule has 210 valence electrons. The van der Waals surface area contributed by atoms with Crippen LogP contribution in [0.4, 0.5) is 21.8 Å². The van der Waals surface area contributed by atoms with E-state index in [1.165, 1.54) is 38.8 Å². The number of aromatic nitrogens is 5. The molecular formula is C29H36FN9O. The number of aromatic amines is 2. The highest BCUT2D eigenvalue weighted by Crippen LogP contribution is 2.40. The van der Waals surface area contributed by atoms with Gasteiger partial charge in [-0.2, -0.15) is 15.1 Å². The number of halogens is 1. The molecule has 0 unspecified atom stereocenters. The lowest BCUT2D eigenvalue weighted by Gasteiger charge is -2.36. The zero-order valence-corrected chi connectivity index (χ0v) is 22.9. The van der Waals surface area contributed by atoms with Gasteiger partial charge in [-0.15, -0.1) is 0 Å². The summed E-state index contributed by atoms with van der Waals surface area (Å²) in [5.41, 5.74) is 2.75. The van der Waals surface area contributed by atoms with Crippen LogP contribution in [0, 0.1) is 12.7 Å². The molecule has 3 aliphatic rings. The molecule has 1 aromatic carbocycles. The molecule has 10 nitrogen and oxygen atoms in total. The van der Waals surface area contributed by atoms with Gasteiger partial charge in [0.05, 0.1) is 0 Å². The first-order valence-corrected chi connectivity index (χ1v) is 14.4. The molecule has 40 heavy (non-hydrogen) atoms. The fraction of sp³-hybridized carbons (Fsp3) is 0.483. The Labute approximate surface area is 232 Å². The summed E-state index contributed by atoms with van der Waals surface area (Å²) in [6.45, 7) is 10.3.